The van der Waals surface area contributed by atoms with Gasteiger partial charge in [-0.3, -0.25) is 28.9 Å². The maximum absolute atomic E-state index is 13.1. The Hall–Kier alpha value is -3.41. The van der Waals surface area contributed by atoms with Crippen molar-refractivity contribution in [3.63, 3.8) is 0 Å². The van der Waals surface area contributed by atoms with Crippen LogP contribution in [-0.4, -0.2) is 57.7 Å². The normalized spacial score (nSPS) is 18.5. The van der Waals surface area contributed by atoms with Gasteiger partial charge in [0, 0.05) is 30.7 Å². The molecule has 0 spiro atoms. The number of carbonyl (C=O) groups is 3. The fraction of sp³-hybridized carbons (Fsp3) is 0.455. The van der Waals surface area contributed by atoms with E-state index >= 15 is 0 Å². The summed E-state index contributed by atoms with van der Waals surface area (Å²) in [5.41, 5.74) is 0.374. The summed E-state index contributed by atoms with van der Waals surface area (Å²) in [5.74, 6) is -4.85. The molecule has 0 aliphatic carbocycles. The number of hydrogen-bond donors (Lipinski definition) is 0. The summed E-state index contributed by atoms with van der Waals surface area (Å²) in [7, 11) is -1.74. The van der Waals surface area contributed by atoms with Gasteiger partial charge in [-0.15, -0.1) is 0 Å². The van der Waals surface area contributed by atoms with Crippen LogP contribution in [0, 0.1) is 16.0 Å². The number of aliphatic imine (C=N–C) groups is 1. The minimum Gasteiger partial charge on any atom is -0.465 e. The van der Waals surface area contributed by atoms with Crippen LogP contribution >= 0.6 is 0 Å². The molecule has 12 heteroatoms. The van der Waals surface area contributed by atoms with Gasteiger partial charge in [-0.25, -0.2) is 4.79 Å². The first kappa shape index (κ1) is 26.8. The quantitative estimate of drug-likeness (QED) is 0.207. The summed E-state index contributed by atoms with van der Waals surface area (Å²) in [6.07, 6.45) is 0. The first-order valence-corrected chi connectivity index (χ1v) is 11.9. The second-order valence-electron chi connectivity index (χ2n) is 7.23. The van der Waals surface area contributed by atoms with Gasteiger partial charge < -0.3 is 14.2 Å². The van der Waals surface area contributed by atoms with Crippen molar-refractivity contribution in [2.75, 3.05) is 24.9 Å². The predicted octanol–water partition coefficient (Wildman–Crippen LogP) is 2.42. The average molecular weight is 495 g/mol. The van der Waals surface area contributed by atoms with E-state index in [1.807, 2.05) is 0 Å². The third kappa shape index (κ3) is 6.56. The molecule has 34 heavy (non-hydrogen) atoms. The molecule has 0 amide bonds. The van der Waals surface area contributed by atoms with Crippen molar-refractivity contribution in [3.05, 3.63) is 51.2 Å². The van der Waals surface area contributed by atoms with Crippen LogP contribution in [0.3, 0.4) is 0 Å². The Labute approximate surface area is 198 Å². The molecule has 1 aromatic carbocycles. The first-order chi connectivity index (χ1) is 16.1. The van der Waals surface area contributed by atoms with Crippen LogP contribution in [0.4, 0.5) is 5.69 Å². The molecule has 1 aliphatic rings. The van der Waals surface area contributed by atoms with Crippen LogP contribution < -0.4 is 0 Å². The van der Waals surface area contributed by atoms with Crippen molar-refractivity contribution >= 4 is 40.1 Å². The molecule has 3 atom stereocenters. The van der Waals surface area contributed by atoms with Gasteiger partial charge in [0.15, 0.2) is 5.94 Å². The third-order valence-electron chi connectivity index (χ3n) is 4.88. The van der Waals surface area contributed by atoms with Crippen molar-refractivity contribution in [1.29, 1.82) is 0 Å². The molecule has 1 heterocycles. The number of esters is 3. The molecule has 0 saturated heterocycles. The van der Waals surface area contributed by atoms with Gasteiger partial charge >= 0.3 is 17.9 Å². The predicted molar refractivity (Wildman–Crippen MR) is 122 cm³/mol. The highest BCUT2D eigenvalue weighted by atomic mass is 32.2. The van der Waals surface area contributed by atoms with Gasteiger partial charge in [0.25, 0.3) is 5.69 Å². The first-order valence-electron chi connectivity index (χ1n) is 10.4. The second-order valence-corrected chi connectivity index (χ2v) is 8.64. The van der Waals surface area contributed by atoms with Crippen molar-refractivity contribution in [2.24, 2.45) is 10.9 Å². The van der Waals surface area contributed by atoms with Gasteiger partial charge in [0.2, 0.25) is 0 Å². The van der Waals surface area contributed by atoms with E-state index in [0.29, 0.717) is 5.56 Å². The van der Waals surface area contributed by atoms with Crippen LogP contribution in [0.5, 0.6) is 0 Å². The molecule has 1 aromatic rings. The lowest BCUT2D eigenvalue weighted by Crippen LogP contribution is -2.37. The highest BCUT2D eigenvalue weighted by Crippen LogP contribution is 2.41. The number of hydrogen-bond acceptors (Lipinski definition) is 10. The molecule has 1 aliphatic heterocycles. The van der Waals surface area contributed by atoms with Crippen LogP contribution in [-0.2, 0) is 39.4 Å². The number of non-ortho nitro benzene ring substituents is 1. The van der Waals surface area contributed by atoms with Crippen LogP contribution in [0.15, 0.2) is 40.5 Å². The SMILES string of the molecule is CCOC(=O)C1=C(CS(=O)COC(C)=O)N=C(C)C(C(=O)OCC)C1c1cccc([N+](=O)[O-])c1. The van der Waals surface area contributed by atoms with Crippen LogP contribution in [0.2, 0.25) is 0 Å². The largest absolute Gasteiger partial charge is 0.465 e. The number of benzene rings is 1. The summed E-state index contributed by atoms with van der Waals surface area (Å²) in [6, 6.07) is 5.55. The Bertz CT molecular complexity index is 1060. The van der Waals surface area contributed by atoms with E-state index in [-0.39, 0.29) is 41.6 Å². The zero-order valence-corrected chi connectivity index (χ0v) is 20.1. The zero-order chi connectivity index (χ0) is 25.4. The molecule has 0 N–H and O–H groups in total. The maximum Gasteiger partial charge on any atom is 0.336 e. The summed E-state index contributed by atoms with van der Waals surface area (Å²) in [5, 5.41) is 11.4. The Morgan fingerprint density at radius 3 is 2.41 bits per heavy atom. The topological polar surface area (TPSA) is 151 Å². The van der Waals surface area contributed by atoms with Gasteiger partial charge in [-0.05, 0) is 26.3 Å². The summed E-state index contributed by atoms with van der Waals surface area (Å²) in [6.45, 7) is 6.04. The maximum atomic E-state index is 13.1. The number of nitro groups is 1. The zero-order valence-electron chi connectivity index (χ0n) is 19.3. The fourth-order valence-electron chi connectivity index (χ4n) is 3.57. The molecule has 0 bridgehead atoms. The fourth-order valence-corrected chi connectivity index (χ4v) is 4.47. The summed E-state index contributed by atoms with van der Waals surface area (Å²) >= 11 is 0. The minimum atomic E-state index is -1.74. The van der Waals surface area contributed by atoms with Gasteiger partial charge in [-0.2, -0.15) is 0 Å². The van der Waals surface area contributed by atoms with Crippen LogP contribution in [0.1, 0.15) is 39.2 Å². The number of nitro benzene ring substituents is 1. The van der Waals surface area contributed by atoms with Gasteiger partial charge in [0.05, 0.1) is 46.0 Å². The number of nitrogens with zero attached hydrogens (tertiary/aromatic N) is 2. The lowest BCUT2D eigenvalue weighted by Gasteiger charge is -2.32. The molecule has 2 rings (SSSR count). The Morgan fingerprint density at radius 2 is 1.82 bits per heavy atom. The summed E-state index contributed by atoms with van der Waals surface area (Å²) < 4.78 is 27.7. The molecule has 184 valence electrons. The Balaban J connectivity index is 2.71. The Morgan fingerprint density at radius 1 is 1.15 bits per heavy atom. The molecule has 0 radical (unpaired) electrons. The molecule has 11 nitrogen and oxygen atoms in total. The second kappa shape index (κ2) is 12.2. The highest BCUT2D eigenvalue weighted by Gasteiger charge is 2.43. The monoisotopic (exact) mass is 494 g/mol. The molecule has 0 fully saturated rings. The summed E-state index contributed by atoms with van der Waals surface area (Å²) in [4.78, 5) is 52.2. The van der Waals surface area contributed by atoms with E-state index in [1.54, 1.807) is 26.8 Å². The average Bonchev–Trinajstić information content (AvgIpc) is 2.77. The van der Waals surface area contributed by atoms with Crippen LogP contribution in [0.25, 0.3) is 0 Å². The Kier molecular flexibility index (Phi) is 9.60. The van der Waals surface area contributed by atoms with E-state index in [2.05, 4.69) is 4.99 Å². The molecule has 0 saturated carbocycles. The molecular weight excluding hydrogens is 468 g/mol. The van der Waals surface area contributed by atoms with E-state index in [0.717, 1.165) is 0 Å². The number of carbonyl (C=O) groups excluding carboxylic acids is 3. The van der Waals surface area contributed by atoms with Crippen molar-refractivity contribution in [3.8, 4) is 0 Å². The van der Waals surface area contributed by atoms with E-state index in [1.165, 1.54) is 25.1 Å². The van der Waals surface area contributed by atoms with E-state index in [4.69, 9.17) is 14.2 Å². The molecule has 0 aromatic heterocycles. The van der Waals surface area contributed by atoms with Gasteiger partial charge in [0.1, 0.15) is 5.92 Å². The van der Waals surface area contributed by atoms with Crippen molar-refractivity contribution < 1.29 is 37.7 Å². The standard InChI is InChI=1S/C22H26N2O9S/c1-5-31-21(26)18-13(3)23-17(11-34(30)12-33-14(4)25)20(22(27)32-6-2)19(18)15-8-7-9-16(10-15)24(28)29/h7-10,18-19H,5-6,11-12H2,1-4H3. The van der Waals surface area contributed by atoms with E-state index in [9.17, 15) is 28.7 Å². The molecule has 3 unspecified atom stereocenters. The number of ether oxygens (including phenoxy) is 3. The van der Waals surface area contributed by atoms with Crippen molar-refractivity contribution in [2.45, 2.75) is 33.6 Å². The highest BCUT2D eigenvalue weighted by molar-refractivity contribution is 7.85. The number of rotatable bonds is 10. The van der Waals surface area contributed by atoms with E-state index < -0.39 is 51.4 Å². The van der Waals surface area contributed by atoms with Gasteiger partial charge in [-0.1, -0.05) is 12.1 Å². The lowest BCUT2D eigenvalue weighted by atomic mass is 9.75. The lowest BCUT2D eigenvalue weighted by molar-refractivity contribution is -0.384. The van der Waals surface area contributed by atoms with Crippen molar-refractivity contribution in [1.82, 2.24) is 0 Å². The molecular formula is C22H26N2O9S. The minimum absolute atomic E-state index is 0.0145. The third-order valence-corrected chi connectivity index (χ3v) is 5.86. The smallest absolute Gasteiger partial charge is 0.336 e.